The van der Waals surface area contributed by atoms with E-state index in [1.54, 1.807) is 65.1 Å². The molecule has 0 fully saturated rings. The Balaban J connectivity index is 1.59. The highest BCUT2D eigenvalue weighted by Crippen LogP contribution is 2.35. The molecule has 0 aliphatic heterocycles. The maximum atomic E-state index is 16.0. The first-order valence-electron chi connectivity index (χ1n) is 17.7. The van der Waals surface area contributed by atoms with E-state index < -0.39 is 44.1 Å². The minimum atomic E-state index is -4.56. The summed E-state index contributed by atoms with van der Waals surface area (Å²) in [6, 6.07) is 14.5. The molecule has 0 saturated heterocycles. The number of anilines is 2. The van der Waals surface area contributed by atoms with Crippen molar-refractivity contribution in [2.24, 2.45) is 5.92 Å². The molecule has 0 saturated carbocycles. The fourth-order valence-corrected chi connectivity index (χ4v) is 8.08. The number of thiazole rings is 1. The van der Waals surface area contributed by atoms with Crippen LogP contribution in [0, 0.1) is 11.7 Å². The minimum absolute atomic E-state index is 0.0492. The van der Waals surface area contributed by atoms with Crippen LogP contribution in [0.2, 0.25) is 5.02 Å². The number of aromatic nitrogens is 1. The van der Waals surface area contributed by atoms with Crippen molar-refractivity contribution in [2.75, 3.05) is 36.9 Å². The van der Waals surface area contributed by atoms with Crippen molar-refractivity contribution in [3.63, 3.8) is 0 Å². The summed E-state index contributed by atoms with van der Waals surface area (Å²) in [6.07, 6.45) is 0.695. The smallest absolute Gasteiger partial charge is 0.407 e. The third kappa shape index (κ3) is 12.6. The number of rotatable bonds is 16. The number of carbonyl (C=O) groups excluding carboxylic acids is 2. The van der Waals surface area contributed by atoms with Gasteiger partial charge in [-0.15, -0.1) is 11.3 Å². The lowest BCUT2D eigenvalue weighted by atomic mass is 9.95. The Labute approximate surface area is 336 Å². The number of benzene rings is 3. The van der Waals surface area contributed by atoms with Crippen LogP contribution >= 0.6 is 22.9 Å². The second-order valence-corrected chi connectivity index (χ2v) is 17.8. The number of methoxy groups -OCH3 is 2. The normalized spacial score (nSPS) is 12.3. The lowest BCUT2D eigenvalue weighted by Crippen LogP contribution is -2.37. The molecule has 13 nitrogen and oxygen atoms in total. The van der Waals surface area contributed by atoms with Gasteiger partial charge in [0.1, 0.15) is 33.4 Å². The Morgan fingerprint density at radius 1 is 0.893 bits per heavy atom. The SMILES string of the molecule is COc1ccc(CN(c2nccs2)S(=O)(=O)c2cc(Cl)c(NC[C@@H](CNC(=O)OC(C)(C)C)Cc3ccccc3CNC(=O)OC(C)(C)C)cc2F)c(OC)c1. The quantitative estimate of drug-likeness (QED) is 0.101. The van der Waals surface area contributed by atoms with Gasteiger partial charge >= 0.3 is 12.2 Å². The minimum Gasteiger partial charge on any atom is -0.497 e. The fraction of sp³-hybridized carbons (Fsp3) is 0.410. The number of hydrogen-bond donors (Lipinski definition) is 3. The van der Waals surface area contributed by atoms with E-state index >= 15 is 4.39 Å². The van der Waals surface area contributed by atoms with Crippen LogP contribution < -0.4 is 29.7 Å². The number of sulfonamides is 1. The number of carbonyl (C=O) groups is 2. The highest BCUT2D eigenvalue weighted by molar-refractivity contribution is 7.93. The molecule has 0 aliphatic rings. The first-order chi connectivity index (χ1) is 26.3. The fourth-order valence-electron chi connectivity index (χ4n) is 5.45. The zero-order valence-electron chi connectivity index (χ0n) is 32.7. The largest absolute Gasteiger partial charge is 0.497 e. The van der Waals surface area contributed by atoms with Gasteiger partial charge in [-0.2, -0.15) is 0 Å². The molecular weight excluding hydrogens is 785 g/mol. The van der Waals surface area contributed by atoms with Crippen LogP contribution in [0.25, 0.3) is 0 Å². The van der Waals surface area contributed by atoms with E-state index in [4.69, 9.17) is 30.5 Å². The average molecular weight is 834 g/mol. The number of nitrogens with zero attached hydrogens (tertiary/aromatic N) is 2. The Morgan fingerprint density at radius 3 is 2.16 bits per heavy atom. The average Bonchev–Trinajstić information content (AvgIpc) is 3.65. The Bertz CT molecular complexity index is 2070. The van der Waals surface area contributed by atoms with Crippen LogP contribution in [0.1, 0.15) is 58.2 Å². The van der Waals surface area contributed by atoms with Crippen LogP contribution in [-0.2, 0) is 39.0 Å². The number of halogens is 2. The molecular formula is C39H49ClFN5O8S2. The van der Waals surface area contributed by atoms with Crippen LogP contribution in [0.15, 0.2) is 71.1 Å². The molecule has 0 radical (unpaired) electrons. The van der Waals surface area contributed by atoms with Crippen LogP contribution in [-0.4, -0.2) is 64.1 Å². The maximum absolute atomic E-state index is 16.0. The van der Waals surface area contributed by atoms with Gasteiger partial charge in [-0.05, 0) is 89.3 Å². The van der Waals surface area contributed by atoms with E-state index in [1.807, 2.05) is 24.3 Å². The van der Waals surface area contributed by atoms with Crippen molar-refractivity contribution >= 4 is 56.0 Å². The van der Waals surface area contributed by atoms with Gasteiger partial charge in [-0.3, -0.25) is 0 Å². The van der Waals surface area contributed by atoms with Crippen LogP contribution in [0.4, 0.5) is 24.8 Å². The molecule has 0 unspecified atom stereocenters. The highest BCUT2D eigenvalue weighted by atomic mass is 35.5. The van der Waals surface area contributed by atoms with Crippen molar-refractivity contribution in [1.29, 1.82) is 0 Å². The number of nitrogens with one attached hydrogen (secondary N) is 3. The second-order valence-electron chi connectivity index (χ2n) is 14.7. The van der Waals surface area contributed by atoms with Crippen LogP contribution in [0.5, 0.6) is 11.5 Å². The number of amides is 2. The molecule has 0 spiro atoms. The van der Waals surface area contributed by atoms with Crippen LogP contribution in [0.3, 0.4) is 0 Å². The summed E-state index contributed by atoms with van der Waals surface area (Å²) in [5.74, 6) is -0.469. The third-order valence-electron chi connectivity index (χ3n) is 7.99. The highest BCUT2D eigenvalue weighted by Gasteiger charge is 2.32. The van der Waals surface area contributed by atoms with E-state index in [9.17, 15) is 18.0 Å². The molecule has 304 valence electrons. The Morgan fingerprint density at radius 2 is 1.55 bits per heavy atom. The molecule has 0 bridgehead atoms. The molecule has 1 heterocycles. The molecule has 2 amide bonds. The molecule has 17 heteroatoms. The molecule has 4 rings (SSSR count). The molecule has 3 N–H and O–H groups in total. The van der Waals surface area contributed by atoms with E-state index in [0.717, 1.165) is 38.9 Å². The van der Waals surface area contributed by atoms with Gasteiger partial charge < -0.3 is 34.9 Å². The topological polar surface area (TPSA) is 157 Å². The van der Waals surface area contributed by atoms with Gasteiger partial charge in [0, 0.05) is 42.8 Å². The summed E-state index contributed by atoms with van der Waals surface area (Å²) in [7, 11) is -1.61. The summed E-state index contributed by atoms with van der Waals surface area (Å²) in [4.78, 5) is 28.6. The van der Waals surface area contributed by atoms with Gasteiger partial charge in [-0.1, -0.05) is 35.9 Å². The van der Waals surface area contributed by atoms with E-state index in [0.29, 0.717) is 23.5 Å². The first kappa shape index (κ1) is 43.9. The molecule has 1 aromatic heterocycles. The molecule has 0 aliphatic carbocycles. The van der Waals surface area contributed by atoms with Crippen molar-refractivity contribution in [2.45, 2.75) is 77.2 Å². The predicted octanol–water partition coefficient (Wildman–Crippen LogP) is 8.17. The first-order valence-corrected chi connectivity index (χ1v) is 20.4. The summed E-state index contributed by atoms with van der Waals surface area (Å²) >= 11 is 7.73. The number of alkyl carbamates (subject to hydrolysis) is 2. The molecule has 1 atom stereocenters. The van der Waals surface area contributed by atoms with E-state index in [-0.39, 0.29) is 47.9 Å². The maximum Gasteiger partial charge on any atom is 0.407 e. The zero-order chi connectivity index (χ0) is 41.3. The van der Waals surface area contributed by atoms with E-state index in [2.05, 4.69) is 20.9 Å². The molecule has 3 aromatic carbocycles. The van der Waals surface area contributed by atoms with Crippen molar-refractivity contribution in [1.82, 2.24) is 15.6 Å². The van der Waals surface area contributed by atoms with Gasteiger partial charge in [0.05, 0.1) is 31.5 Å². The lowest BCUT2D eigenvalue weighted by Gasteiger charge is -2.25. The molecule has 56 heavy (non-hydrogen) atoms. The van der Waals surface area contributed by atoms with Gasteiger partial charge in [0.2, 0.25) is 0 Å². The Hall–Kier alpha value is -4.80. The lowest BCUT2D eigenvalue weighted by molar-refractivity contribution is 0.0509. The van der Waals surface area contributed by atoms with E-state index in [1.165, 1.54) is 20.4 Å². The summed E-state index contributed by atoms with van der Waals surface area (Å²) in [5, 5.41) is 10.4. The van der Waals surface area contributed by atoms with Crippen molar-refractivity contribution < 1.29 is 41.3 Å². The summed E-state index contributed by atoms with van der Waals surface area (Å²) in [6.45, 7) is 10.9. The summed E-state index contributed by atoms with van der Waals surface area (Å²) in [5.41, 5.74) is 0.962. The van der Waals surface area contributed by atoms with Gasteiger partial charge in [0.25, 0.3) is 10.0 Å². The van der Waals surface area contributed by atoms with Crippen molar-refractivity contribution in [3.8, 4) is 11.5 Å². The van der Waals surface area contributed by atoms with Gasteiger partial charge in [0.15, 0.2) is 5.13 Å². The Kier molecular flexibility index (Phi) is 14.8. The number of ether oxygens (including phenoxy) is 4. The zero-order valence-corrected chi connectivity index (χ0v) is 35.1. The standard InChI is InChI=1S/C39H49ClFN5O8S2/c1-38(2,3)53-36(47)44-22-25(17-26-11-9-10-12-27(26)23-45-37(48)54-39(4,5)6)21-43-32-20-31(41)34(19-30(32)40)56(49,50)46(35-42-15-16-55-35)24-28-13-14-29(51-7)18-33(28)52-8/h9-16,18-20,25,43H,17,21-24H2,1-8H3,(H,44,47)(H,45,48)/t25-/m0/s1. The third-order valence-corrected chi connectivity index (χ3v) is 11.0. The monoisotopic (exact) mass is 833 g/mol. The second kappa shape index (κ2) is 18.9. The van der Waals surface area contributed by atoms with Crippen molar-refractivity contribution in [3.05, 3.63) is 93.7 Å². The summed E-state index contributed by atoms with van der Waals surface area (Å²) < 4.78 is 66.9. The molecule has 4 aromatic rings. The van der Waals surface area contributed by atoms with Gasteiger partial charge in [-0.25, -0.2) is 31.7 Å². The predicted molar refractivity (Wildman–Crippen MR) is 216 cm³/mol. The number of hydrogen-bond acceptors (Lipinski definition) is 11.